The third kappa shape index (κ3) is 1.32. The van der Waals surface area contributed by atoms with E-state index in [0.29, 0.717) is 22.9 Å². The lowest BCUT2D eigenvalue weighted by Crippen LogP contribution is -2.05. The van der Waals surface area contributed by atoms with E-state index < -0.39 is 17.0 Å². The van der Waals surface area contributed by atoms with Gasteiger partial charge in [0.15, 0.2) is 11.6 Å². The Labute approximate surface area is 88.5 Å². The van der Waals surface area contributed by atoms with E-state index in [2.05, 4.69) is 22.0 Å². The Balaban J connectivity index is 2.55. The van der Waals surface area contributed by atoms with Crippen molar-refractivity contribution in [2.45, 2.75) is 18.3 Å². The van der Waals surface area contributed by atoms with Crippen molar-refractivity contribution in [2.75, 3.05) is 0 Å². The average molecular weight is 258 g/mol. The van der Waals surface area contributed by atoms with E-state index in [0.717, 1.165) is 12.1 Å². The van der Waals surface area contributed by atoms with Gasteiger partial charge in [-0.25, -0.2) is 8.78 Å². The van der Waals surface area contributed by atoms with Crippen LogP contribution in [0.2, 0.25) is 0 Å². The molecule has 0 aromatic heterocycles. The molecule has 0 atom stereocenters. The molecule has 0 unspecified atom stereocenters. The molecule has 1 nitrogen and oxygen atoms in total. The second kappa shape index (κ2) is 3.03. The highest BCUT2D eigenvalue weighted by molar-refractivity contribution is 9.10. The fraction of sp³-hybridized carbons (Fsp3) is 0.300. The van der Waals surface area contributed by atoms with E-state index in [1.807, 2.05) is 0 Å². The van der Waals surface area contributed by atoms with Gasteiger partial charge in [0, 0.05) is 4.47 Å². The normalized spacial score (nSPS) is 17.6. The van der Waals surface area contributed by atoms with E-state index in [-0.39, 0.29) is 0 Å². The van der Waals surface area contributed by atoms with Crippen LogP contribution in [0.25, 0.3) is 0 Å². The fourth-order valence-electron chi connectivity index (χ4n) is 1.46. The molecular weight excluding hydrogens is 252 g/mol. The molecule has 0 aliphatic heterocycles. The smallest absolute Gasteiger partial charge is 0.159 e. The summed E-state index contributed by atoms with van der Waals surface area (Å²) in [6, 6.07) is 4.32. The fourth-order valence-corrected chi connectivity index (χ4v) is 2.15. The SMILES string of the molecule is N#CC1(c2cc(F)c(F)cc2Br)CC1. The Morgan fingerprint density at radius 1 is 1.29 bits per heavy atom. The summed E-state index contributed by atoms with van der Waals surface area (Å²) in [6.45, 7) is 0. The first kappa shape index (κ1) is 9.60. The van der Waals surface area contributed by atoms with Crippen LogP contribution in [0.4, 0.5) is 8.78 Å². The van der Waals surface area contributed by atoms with Gasteiger partial charge in [-0.15, -0.1) is 0 Å². The third-order valence-corrected chi connectivity index (χ3v) is 3.15. The van der Waals surface area contributed by atoms with Crippen LogP contribution in [0.5, 0.6) is 0 Å². The number of benzene rings is 1. The second-order valence-electron chi connectivity index (χ2n) is 3.44. The molecule has 2 rings (SSSR count). The molecule has 1 aliphatic carbocycles. The van der Waals surface area contributed by atoms with Gasteiger partial charge < -0.3 is 0 Å². The zero-order valence-corrected chi connectivity index (χ0v) is 8.74. The molecule has 0 N–H and O–H groups in total. The summed E-state index contributed by atoms with van der Waals surface area (Å²) in [5.41, 5.74) is -0.0354. The largest absolute Gasteiger partial charge is 0.204 e. The number of halogens is 3. The lowest BCUT2D eigenvalue weighted by molar-refractivity contribution is 0.505. The van der Waals surface area contributed by atoms with Gasteiger partial charge in [0.2, 0.25) is 0 Å². The molecule has 14 heavy (non-hydrogen) atoms. The van der Waals surface area contributed by atoms with Gasteiger partial charge in [-0.2, -0.15) is 5.26 Å². The highest BCUT2D eigenvalue weighted by Crippen LogP contribution is 2.50. The van der Waals surface area contributed by atoms with Crippen LogP contribution in [-0.4, -0.2) is 0 Å². The van der Waals surface area contributed by atoms with Gasteiger partial charge in [-0.3, -0.25) is 0 Å². The van der Waals surface area contributed by atoms with E-state index in [1.54, 1.807) is 0 Å². The molecule has 0 saturated heterocycles. The summed E-state index contributed by atoms with van der Waals surface area (Å²) in [5.74, 6) is -1.79. The predicted octanol–water partition coefficient (Wildman–Crippen LogP) is 3.28. The minimum atomic E-state index is -0.898. The molecule has 72 valence electrons. The lowest BCUT2D eigenvalue weighted by atomic mass is 9.98. The monoisotopic (exact) mass is 257 g/mol. The van der Waals surface area contributed by atoms with Gasteiger partial charge in [0.05, 0.1) is 11.5 Å². The minimum absolute atomic E-state index is 0.468. The van der Waals surface area contributed by atoms with Crippen molar-refractivity contribution >= 4 is 15.9 Å². The molecule has 1 fully saturated rings. The maximum Gasteiger partial charge on any atom is 0.159 e. The average Bonchev–Trinajstić information content (AvgIpc) is 2.92. The molecule has 0 amide bonds. The van der Waals surface area contributed by atoms with Crippen molar-refractivity contribution in [1.82, 2.24) is 0 Å². The van der Waals surface area contributed by atoms with Gasteiger partial charge in [-0.1, -0.05) is 15.9 Å². The molecular formula is C10H6BrF2N. The van der Waals surface area contributed by atoms with Crippen LogP contribution in [0.15, 0.2) is 16.6 Å². The quantitative estimate of drug-likeness (QED) is 0.709. The maximum atomic E-state index is 12.9. The Bertz CT molecular complexity index is 432. The number of nitrogens with zero attached hydrogens (tertiary/aromatic N) is 1. The molecule has 0 spiro atoms. The first-order chi connectivity index (χ1) is 6.59. The van der Waals surface area contributed by atoms with Crippen molar-refractivity contribution < 1.29 is 8.78 Å². The highest BCUT2D eigenvalue weighted by atomic mass is 79.9. The van der Waals surface area contributed by atoms with Crippen molar-refractivity contribution in [3.05, 3.63) is 33.8 Å². The number of nitriles is 1. The summed E-state index contributed by atoms with van der Waals surface area (Å²) in [7, 11) is 0. The molecule has 1 aromatic carbocycles. The number of hydrogen-bond acceptors (Lipinski definition) is 1. The van der Waals surface area contributed by atoms with Gasteiger partial charge in [-0.05, 0) is 30.5 Å². The molecule has 1 aromatic rings. The Kier molecular flexibility index (Phi) is 2.07. The zero-order chi connectivity index (χ0) is 10.3. The number of rotatable bonds is 1. The maximum absolute atomic E-state index is 12.9. The van der Waals surface area contributed by atoms with Crippen molar-refractivity contribution in [3.8, 4) is 6.07 Å². The highest BCUT2D eigenvalue weighted by Gasteiger charge is 2.46. The zero-order valence-electron chi connectivity index (χ0n) is 7.15. The summed E-state index contributed by atoms with van der Waals surface area (Å²) >= 11 is 3.14. The topological polar surface area (TPSA) is 23.8 Å². The molecule has 1 aliphatic rings. The minimum Gasteiger partial charge on any atom is -0.204 e. The van der Waals surface area contributed by atoms with Crippen molar-refractivity contribution in [3.63, 3.8) is 0 Å². The van der Waals surface area contributed by atoms with Crippen molar-refractivity contribution in [2.24, 2.45) is 0 Å². The predicted molar refractivity (Wildman–Crippen MR) is 50.6 cm³/mol. The van der Waals surface area contributed by atoms with Crippen LogP contribution < -0.4 is 0 Å². The molecule has 0 heterocycles. The van der Waals surface area contributed by atoms with Crippen LogP contribution in [0.3, 0.4) is 0 Å². The van der Waals surface area contributed by atoms with Gasteiger partial charge in [0.1, 0.15) is 0 Å². The summed E-state index contributed by atoms with van der Waals surface area (Å²) < 4.78 is 26.2. The van der Waals surface area contributed by atoms with Crippen LogP contribution in [-0.2, 0) is 5.41 Å². The van der Waals surface area contributed by atoms with Gasteiger partial charge >= 0.3 is 0 Å². The Morgan fingerprint density at radius 2 is 1.86 bits per heavy atom. The molecule has 1 saturated carbocycles. The van der Waals surface area contributed by atoms with E-state index in [1.165, 1.54) is 0 Å². The van der Waals surface area contributed by atoms with Gasteiger partial charge in [0.25, 0.3) is 0 Å². The second-order valence-corrected chi connectivity index (χ2v) is 4.29. The van der Waals surface area contributed by atoms with E-state index in [4.69, 9.17) is 5.26 Å². The van der Waals surface area contributed by atoms with Crippen molar-refractivity contribution in [1.29, 1.82) is 5.26 Å². The van der Waals surface area contributed by atoms with E-state index in [9.17, 15) is 8.78 Å². The number of hydrogen-bond donors (Lipinski definition) is 0. The molecule has 0 radical (unpaired) electrons. The molecule has 4 heteroatoms. The van der Waals surface area contributed by atoms with E-state index >= 15 is 0 Å². The third-order valence-electron chi connectivity index (χ3n) is 2.49. The van der Waals surface area contributed by atoms with Crippen LogP contribution in [0, 0.1) is 23.0 Å². The molecule has 0 bridgehead atoms. The summed E-state index contributed by atoms with van der Waals surface area (Å²) in [6.07, 6.45) is 1.43. The standard InChI is InChI=1S/C10H6BrF2N/c11-7-4-9(13)8(12)3-6(7)10(5-14)1-2-10/h3-4H,1-2H2. The Hall–Kier alpha value is -0.950. The lowest BCUT2D eigenvalue weighted by Gasteiger charge is -2.09. The first-order valence-corrected chi connectivity index (χ1v) is 4.95. The summed E-state index contributed by atoms with van der Waals surface area (Å²) in [5, 5.41) is 8.91. The van der Waals surface area contributed by atoms with Crippen LogP contribution in [0.1, 0.15) is 18.4 Å². The van der Waals surface area contributed by atoms with Crippen LogP contribution >= 0.6 is 15.9 Å². The Morgan fingerprint density at radius 3 is 2.36 bits per heavy atom. The summed E-state index contributed by atoms with van der Waals surface area (Å²) in [4.78, 5) is 0. The first-order valence-electron chi connectivity index (χ1n) is 4.15.